The Kier molecular flexibility index (Phi) is 4.75. The molecule has 0 spiro atoms. The van der Waals surface area contributed by atoms with Crippen LogP contribution in [0.4, 0.5) is 0 Å². The summed E-state index contributed by atoms with van der Waals surface area (Å²) in [5, 5.41) is 8.36. The van der Waals surface area contributed by atoms with Crippen LogP contribution in [0.25, 0.3) is 0 Å². The molecule has 1 fully saturated rings. The molecule has 4 heteroatoms. The summed E-state index contributed by atoms with van der Waals surface area (Å²) in [6, 6.07) is 0. The molecule has 0 aliphatic heterocycles. The highest BCUT2D eigenvalue weighted by Crippen LogP contribution is 2.30. The summed E-state index contributed by atoms with van der Waals surface area (Å²) in [4.78, 5) is 0. The van der Waals surface area contributed by atoms with Gasteiger partial charge in [0.2, 0.25) is 5.88 Å². The number of ether oxygens (including phenoxy) is 1. The topological polar surface area (TPSA) is 61.0 Å². The van der Waals surface area contributed by atoms with Gasteiger partial charge >= 0.3 is 0 Å². The van der Waals surface area contributed by atoms with Gasteiger partial charge in [-0.15, -0.1) is 5.10 Å². The first-order valence-electron chi connectivity index (χ1n) is 7.35. The van der Waals surface area contributed by atoms with Gasteiger partial charge in [0.1, 0.15) is 6.10 Å². The van der Waals surface area contributed by atoms with E-state index in [0.29, 0.717) is 12.4 Å². The molecule has 1 heterocycles. The van der Waals surface area contributed by atoms with Crippen molar-refractivity contribution >= 4 is 0 Å². The van der Waals surface area contributed by atoms with Gasteiger partial charge in [-0.25, -0.2) is 0 Å². The zero-order valence-corrected chi connectivity index (χ0v) is 12.3. The van der Waals surface area contributed by atoms with Gasteiger partial charge in [0, 0.05) is 12.1 Å². The molecule has 1 aliphatic carbocycles. The molecule has 2 rings (SSSR count). The van der Waals surface area contributed by atoms with E-state index >= 15 is 0 Å². The molecule has 2 N–H and O–H groups in total. The molecule has 1 aliphatic rings. The Bertz CT molecular complexity index is 434. The lowest BCUT2D eigenvalue weighted by Crippen LogP contribution is -2.26. The molecule has 1 aromatic rings. The average Bonchev–Trinajstić information content (AvgIpc) is 2.43. The maximum absolute atomic E-state index is 6.09. The van der Waals surface area contributed by atoms with Crippen LogP contribution < -0.4 is 10.5 Å². The van der Waals surface area contributed by atoms with Crippen molar-refractivity contribution in [1.29, 1.82) is 0 Å². The third-order valence-electron chi connectivity index (χ3n) is 4.34. The van der Waals surface area contributed by atoms with Crippen molar-refractivity contribution in [3.8, 4) is 5.88 Å². The summed E-state index contributed by atoms with van der Waals surface area (Å²) in [5.74, 6) is 1.44. The largest absolute Gasteiger partial charge is 0.473 e. The Balaban J connectivity index is 2.12. The van der Waals surface area contributed by atoms with Crippen molar-refractivity contribution in [2.24, 2.45) is 11.7 Å². The fraction of sp³-hybridized carbons (Fsp3) is 0.733. The van der Waals surface area contributed by atoms with Crippen molar-refractivity contribution in [2.75, 3.05) is 0 Å². The Labute approximate surface area is 115 Å². The smallest absolute Gasteiger partial charge is 0.238 e. The van der Waals surface area contributed by atoms with Crippen LogP contribution in [0.1, 0.15) is 55.8 Å². The van der Waals surface area contributed by atoms with Gasteiger partial charge in [0.05, 0.1) is 5.69 Å². The van der Waals surface area contributed by atoms with Crippen molar-refractivity contribution in [1.82, 2.24) is 10.2 Å². The van der Waals surface area contributed by atoms with Gasteiger partial charge in [-0.2, -0.15) is 5.10 Å². The van der Waals surface area contributed by atoms with Crippen LogP contribution in [0.5, 0.6) is 5.88 Å². The van der Waals surface area contributed by atoms with E-state index in [4.69, 9.17) is 10.5 Å². The molecule has 2 unspecified atom stereocenters. The van der Waals surface area contributed by atoms with Crippen LogP contribution >= 0.6 is 0 Å². The summed E-state index contributed by atoms with van der Waals surface area (Å²) < 4.78 is 6.09. The van der Waals surface area contributed by atoms with E-state index in [1.54, 1.807) is 0 Å². The molecule has 1 saturated carbocycles. The van der Waals surface area contributed by atoms with Crippen LogP contribution in [0.3, 0.4) is 0 Å². The van der Waals surface area contributed by atoms with E-state index in [1.165, 1.54) is 19.3 Å². The summed E-state index contributed by atoms with van der Waals surface area (Å²) >= 11 is 0. The van der Waals surface area contributed by atoms with Gasteiger partial charge in [0.15, 0.2) is 0 Å². The van der Waals surface area contributed by atoms with E-state index in [1.807, 2.05) is 13.8 Å². The predicted molar refractivity (Wildman–Crippen MR) is 76.1 cm³/mol. The third-order valence-corrected chi connectivity index (χ3v) is 4.34. The van der Waals surface area contributed by atoms with Crippen molar-refractivity contribution in [3.05, 3.63) is 16.8 Å². The van der Waals surface area contributed by atoms with Crippen LogP contribution in [0.15, 0.2) is 0 Å². The highest BCUT2D eigenvalue weighted by atomic mass is 16.5. The fourth-order valence-electron chi connectivity index (χ4n) is 2.85. The van der Waals surface area contributed by atoms with Crippen molar-refractivity contribution < 1.29 is 4.74 Å². The lowest BCUT2D eigenvalue weighted by molar-refractivity contribution is 0.114. The van der Waals surface area contributed by atoms with E-state index in [-0.39, 0.29) is 6.10 Å². The SMILES string of the molecule is CCC1CCCC(Oc2nnc(C)c(C)c2CN)C1. The maximum atomic E-state index is 6.09. The molecule has 0 bridgehead atoms. The second kappa shape index (κ2) is 6.33. The van der Waals surface area contributed by atoms with Crippen LogP contribution in [0, 0.1) is 19.8 Å². The predicted octanol–water partition coefficient (Wildman–Crippen LogP) is 2.90. The number of nitrogens with two attached hydrogens (primary N) is 1. The summed E-state index contributed by atoms with van der Waals surface area (Å²) in [5.41, 5.74) is 8.88. The zero-order chi connectivity index (χ0) is 13.8. The number of aromatic nitrogens is 2. The van der Waals surface area contributed by atoms with E-state index in [2.05, 4.69) is 17.1 Å². The van der Waals surface area contributed by atoms with Crippen molar-refractivity contribution in [2.45, 2.75) is 65.5 Å². The van der Waals surface area contributed by atoms with Gasteiger partial charge < -0.3 is 10.5 Å². The second-order valence-corrected chi connectivity index (χ2v) is 5.58. The minimum atomic E-state index is 0.278. The molecule has 2 atom stereocenters. The lowest BCUT2D eigenvalue weighted by Gasteiger charge is -2.29. The molecule has 106 valence electrons. The number of hydrogen-bond donors (Lipinski definition) is 1. The summed E-state index contributed by atoms with van der Waals surface area (Å²) in [6.07, 6.45) is 6.35. The molecule has 0 saturated heterocycles. The Morgan fingerprint density at radius 2 is 2.05 bits per heavy atom. The Hall–Kier alpha value is -1.16. The normalized spacial score (nSPS) is 23.4. The molecule has 1 aromatic heterocycles. The average molecular weight is 263 g/mol. The Morgan fingerprint density at radius 1 is 1.26 bits per heavy atom. The number of aryl methyl sites for hydroxylation is 1. The van der Waals surface area contributed by atoms with E-state index in [9.17, 15) is 0 Å². The molecular weight excluding hydrogens is 238 g/mol. The lowest BCUT2D eigenvalue weighted by atomic mass is 9.85. The second-order valence-electron chi connectivity index (χ2n) is 5.58. The first-order valence-corrected chi connectivity index (χ1v) is 7.35. The zero-order valence-electron chi connectivity index (χ0n) is 12.3. The quantitative estimate of drug-likeness (QED) is 0.907. The molecule has 4 nitrogen and oxygen atoms in total. The molecular formula is C15H25N3O. The maximum Gasteiger partial charge on any atom is 0.238 e. The first-order chi connectivity index (χ1) is 9.15. The number of rotatable bonds is 4. The minimum absolute atomic E-state index is 0.278. The number of nitrogens with zero attached hydrogens (tertiary/aromatic N) is 2. The highest BCUT2D eigenvalue weighted by molar-refractivity contribution is 5.35. The standard InChI is InChI=1S/C15H25N3O/c1-4-12-6-5-7-13(8-12)19-15-14(9-16)10(2)11(3)17-18-15/h12-13H,4-9,16H2,1-3H3. The summed E-state index contributed by atoms with van der Waals surface area (Å²) in [7, 11) is 0. The molecule has 0 aromatic carbocycles. The first kappa shape index (κ1) is 14.3. The Morgan fingerprint density at radius 3 is 2.74 bits per heavy atom. The molecule has 0 amide bonds. The minimum Gasteiger partial charge on any atom is -0.473 e. The van der Waals surface area contributed by atoms with Crippen LogP contribution in [-0.2, 0) is 6.54 Å². The van der Waals surface area contributed by atoms with Crippen molar-refractivity contribution in [3.63, 3.8) is 0 Å². The van der Waals surface area contributed by atoms with Gasteiger partial charge in [-0.1, -0.05) is 19.8 Å². The molecule has 0 radical (unpaired) electrons. The number of hydrogen-bond acceptors (Lipinski definition) is 4. The van der Waals surface area contributed by atoms with Crippen LogP contribution in [0.2, 0.25) is 0 Å². The summed E-state index contributed by atoms with van der Waals surface area (Å²) in [6.45, 7) is 6.71. The monoisotopic (exact) mass is 263 g/mol. The van der Waals surface area contributed by atoms with Crippen LogP contribution in [-0.4, -0.2) is 16.3 Å². The van der Waals surface area contributed by atoms with Gasteiger partial charge in [-0.05, 0) is 44.6 Å². The third kappa shape index (κ3) is 3.24. The van der Waals surface area contributed by atoms with Gasteiger partial charge in [0.25, 0.3) is 0 Å². The fourth-order valence-corrected chi connectivity index (χ4v) is 2.85. The molecule has 19 heavy (non-hydrogen) atoms. The highest BCUT2D eigenvalue weighted by Gasteiger charge is 2.24. The van der Waals surface area contributed by atoms with E-state index in [0.717, 1.165) is 35.6 Å². The van der Waals surface area contributed by atoms with Gasteiger partial charge in [-0.3, -0.25) is 0 Å². The van der Waals surface area contributed by atoms with E-state index < -0.39 is 0 Å².